The molecular formula is C9H13NO2. The summed E-state index contributed by atoms with van der Waals surface area (Å²) in [6.45, 7) is 1.05. The monoisotopic (exact) mass is 167 g/mol. The molecule has 12 heavy (non-hydrogen) atoms. The largest absolute Gasteiger partial charge is 0.480 e. The lowest BCUT2D eigenvalue weighted by Gasteiger charge is -2.38. The first-order chi connectivity index (χ1) is 5.72. The highest BCUT2D eigenvalue weighted by atomic mass is 16.4. The minimum Gasteiger partial charge on any atom is -0.480 e. The van der Waals surface area contributed by atoms with Crippen molar-refractivity contribution in [3.05, 3.63) is 0 Å². The summed E-state index contributed by atoms with van der Waals surface area (Å²) < 4.78 is 0. The summed E-state index contributed by atoms with van der Waals surface area (Å²) in [5.41, 5.74) is -0.411. The maximum atomic E-state index is 11.1. The highest BCUT2D eigenvalue weighted by molar-refractivity contribution is 5.81. The fraction of sp³-hybridized carbons (Fsp3) is 0.889. The number of nitrogens with zero attached hydrogens (tertiary/aromatic N) is 1. The van der Waals surface area contributed by atoms with Crippen molar-refractivity contribution in [3.8, 4) is 0 Å². The summed E-state index contributed by atoms with van der Waals surface area (Å²) in [5.74, 6) is 0.116. The third kappa shape index (κ3) is 0.637. The molecule has 0 amide bonds. The normalized spacial score (nSPS) is 45.8. The first-order valence-electron chi connectivity index (χ1n) is 4.72. The van der Waals surface area contributed by atoms with Crippen molar-refractivity contribution < 1.29 is 9.90 Å². The van der Waals surface area contributed by atoms with Crippen LogP contribution in [0, 0.1) is 5.92 Å². The number of carboxylic acid groups (broad SMARTS) is 1. The lowest BCUT2D eigenvalue weighted by atomic mass is 9.73. The van der Waals surface area contributed by atoms with Gasteiger partial charge in [-0.15, -0.1) is 0 Å². The smallest absolute Gasteiger partial charge is 0.324 e. The van der Waals surface area contributed by atoms with Crippen molar-refractivity contribution in [1.29, 1.82) is 0 Å². The lowest BCUT2D eigenvalue weighted by Crippen LogP contribution is -2.53. The average Bonchev–Trinajstić information content (AvgIpc) is 2.61. The third-order valence-corrected chi connectivity index (χ3v) is 3.64. The zero-order valence-corrected chi connectivity index (χ0v) is 6.99. The maximum absolute atomic E-state index is 11.1. The number of aliphatic carboxylic acids is 1. The molecule has 66 valence electrons. The van der Waals surface area contributed by atoms with E-state index in [1.54, 1.807) is 0 Å². The van der Waals surface area contributed by atoms with Gasteiger partial charge < -0.3 is 5.11 Å². The van der Waals surface area contributed by atoms with E-state index in [2.05, 4.69) is 4.90 Å². The van der Waals surface area contributed by atoms with Crippen molar-refractivity contribution in [2.75, 3.05) is 6.54 Å². The van der Waals surface area contributed by atoms with Crippen molar-refractivity contribution in [2.24, 2.45) is 5.92 Å². The predicted molar refractivity (Wildman–Crippen MR) is 42.8 cm³/mol. The van der Waals surface area contributed by atoms with Crippen molar-refractivity contribution in [1.82, 2.24) is 4.90 Å². The summed E-state index contributed by atoms with van der Waals surface area (Å²) in [6, 6.07) is 0.619. The number of carboxylic acids is 1. The molecule has 3 heteroatoms. The van der Waals surface area contributed by atoms with Gasteiger partial charge in [0, 0.05) is 12.6 Å². The van der Waals surface area contributed by atoms with E-state index < -0.39 is 11.5 Å². The SMILES string of the molecule is O=C(O)C12CC(CN1C1CC1)C2. The topological polar surface area (TPSA) is 40.5 Å². The zero-order chi connectivity index (χ0) is 8.34. The van der Waals surface area contributed by atoms with Crippen LogP contribution in [0.15, 0.2) is 0 Å². The zero-order valence-electron chi connectivity index (χ0n) is 6.99. The van der Waals surface area contributed by atoms with Gasteiger partial charge in [-0.1, -0.05) is 0 Å². The quantitative estimate of drug-likeness (QED) is 0.658. The van der Waals surface area contributed by atoms with Crippen molar-refractivity contribution >= 4 is 5.97 Å². The standard InChI is InChI=1S/C9H13NO2/c11-8(12)9-3-6(4-9)5-10(9)7-1-2-7/h6-7H,1-5H2,(H,11,12). The van der Waals surface area contributed by atoms with Crippen LogP contribution in [0.5, 0.6) is 0 Å². The Balaban J connectivity index is 1.89. The molecule has 2 heterocycles. The van der Waals surface area contributed by atoms with Gasteiger partial charge >= 0.3 is 5.97 Å². The van der Waals surface area contributed by atoms with E-state index in [9.17, 15) is 4.79 Å². The molecule has 4 fully saturated rings. The molecule has 4 rings (SSSR count). The number of fused-ring (bicyclic) bond motifs is 1. The van der Waals surface area contributed by atoms with Gasteiger partial charge in [-0.25, -0.2) is 0 Å². The Morgan fingerprint density at radius 2 is 2.08 bits per heavy atom. The summed E-state index contributed by atoms with van der Waals surface area (Å²) >= 11 is 0. The summed E-state index contributed by atoms with van der Waals surface area (Å²) in [4.78, 5) is 13.3. The molecular weight excluding hydrogens is 154 g/mol. The summed E-state index contributed by atoms with van der Waals surface area (Å²) in [6.07, 6.45) is 4.28. The Hall–Kier alpha value is -0.570. The van der Waals surface area contributed by atoms with Crippen LogP contribution in [0.2, 0.25) is 0 Å². The minimum atomic E-state index is -0.580. The van der Waals surface area contributed by atoms with E-state index in [0.717, 1.165) is 19.4 Å². The van der Waals surface area contributed by atoms with Crippen LogP contribution in [0.25, 0.3) is 0 Å². The van der Waals surface area contributed by atoms with E-state index in [4.69, 9.17) is 5.11 Å². The van der Waals surface area contributed by atoms with E-state index in [1.807, 2.05) is 0 Å². The Labute approximate surface area is 71.4 Å². The minimum absolute atomic E-state index is 0.411. The second-order valence-electron chi connectivity index (χ2n) is 4.49. The van der Waals surface area contributed by atoms with E-state index in [1.165, 1.54) is 12.8 Å². The van der Waals surface area contributed by atoms with Gasteiger partial charge in [0.15, 0.2) is 0 Å². The molecule has 0 spiro atoms. The van der Waals surface area contributed by atoms with Gasteiger partial charge in [0.05, 0.1) is 0 Å². The first kappa shape index (κ1) is 6.89. The molecule has 3 nitrogen and oxygen atoms in total. The molecule has 0 atom stereocenters. The number of hydrogen-bond acceptors (Lipinski definition) is 2. The predicted octanol–water partition coefficient (Wildman–Crippen LogP) is 0.698. The van der Waals surface area contributed by atoms with Crippen LogP contribution < -0.4 is 0 Å². The Bertz CT molecular complexity index is 241. The fourth-order valence-electron chi connectivity index (χ4n) is 2.89. The Kier molecular flexibility index (Phi) is 1.06. The molecule has 0 aromatic heterocycles. The van der Waals surface area contributed by atoms with Crippen LogP contribution in [0.4, 0.5) is 0 Å². The average molecular weight is 167 g/mol. The molecule has 2 aliphatic heterocycles. The van der Waals surface area contributed by atoms with Gasteiger partial charge in [-0.05, 0) is 31.6 Å². The van der Waals surface area contributed by atoms with Gasteiger partial charge in [0.2, 0.25) is 0 Å². The van der Waals surface area contributed by atoms with E-state index in [0.29, 0.717) is 12.0 Å². The molecule has 2 saturated heterocycles. The Morgan fingerprint density at radius 3 is 2.58 bits per heavy atom. The molecule has 2 saturated carbocycles. The number of carbonyl (C=O) groups is 1. The summed E-state index contributed by atoms with van der Waals surface area (Å²) in [7, 11) is 0. The van der Waals surface area contributed by atoms with Crippen LogP contribution in [0.3, 0.4) is 0 Å². The molecule has 0 aromatic carbocycles. The van der Waals surface area contributed by atoms with Gasteiger partial charge in [0.25, 0.3) is 0 Å². The van der Waals surface area contributed by atoms with Gasteiger partial charge in [0.1, 0.15) is 5.54 Å². The molecule has 2 bridgehead atoms. The molecule has 0 aromatic rings. The van der Waals surface area contributed by atoms with Gasteiger partial charge in [-0.2, -0.15) is 0 Å². The van der Waals surface area contributed by atoms with E-state index >= 15 is 0 Å². The molecule has 4 aliphatic rings. The second kappa shape index (κ2) is 1.84. The lowest BCUT2D eigenvalue weighted by molar-refractivity contribution is -0.153. The fourth-order valence-corrected chi connectivity index (χ4v) is 2.89. The van der Waals surface area contributed by atoms with Gasteiger partial charge in [-0.3, -0.25) is 9.69 Å². The van der Waals surface area contributed by atoms with Crippen LogP contribution in [-0.4, -0.2) is 34.1 Å². The third-order valence-electron chi connectivity index (χ3n) is 3.64. The molecule has 2 aliphatic carbocycles. The number of hydrogen-bond donors (Lipinski definition) is 1. The Morgan fingerprint density at radius 1 is 1.42 bits per heavy atom. The highest BCUT2D eigenvalue weighted by Gasteiger charge is 2.63. The molecule has 1 N–H and O–H groups in total. The molecule has 0 radical (unpaired) electrons. The van der Waals surface area contributed by atoms with Crippen molar-refractivity contribution in [3.63, 3.8) is 0 Å². The first-order valence-corrected chi connectivity index (χ1v) is 4.72. The van der Waals surface area contributed by atoms with Crippen molar-refractivity contribution in [2.45, 2.75) is 37.3 Å². The number of rotatable bonds is 2. The molecule has 0 unspecified atom stereocenters. The summed E-state index contributed by atoms with van der Waals surface area (Å²) in [5, 5.41) is 9.12. The van der Waals surface area contributed by atoms with Crippen LogP contribution >= 0.6 is 0 Å². The van der Waals surface area contributed by atoms with E-state index in [-0.39, 0.29) is 0 Å². The van der Waals surface area contributed by atoms with Crippen LogP contribution in [0.1, 0.15) is 25.7 Å². The maximum Gasteiger partial charge on any atom is 0.324 e. The second-order valence-corrected chi connectivity index (χ2v) is 4.49. The van der Waals surface area contributed by atoms with Crippen LogP contribution in [-0.2, 0) is 4.79 Å². The highest BCUT2D eigenvalue weighted by Crippen LogP contribution is 2.54.